The Bertz CT molecular complexity index is 804. The summed E-state index contributed by atoms with van der Waals surface area (Å²) in [6, 6.07) is 11.9. The molecule has 0 aliphatic heterocycles. The molecular weight excluding hydrogens is 269 g/mol. The maximum absolute atomic E-state index is 13.3. The number of hydrogen-bond donors (Lipinski definition) is 0. The van der Waals surface area contributed by atoms with E-state index in [0.29, 0.717) is 12.2 Å². The number of aromatic nitrogens is 4. The van der Waals surface area contributed by atoms with Crippen LogP contribution in [0.5, 0.6) is 0 Å². The highest BCUT2D eigenvalue weighted by Gasteiger charge is 2.15. The van der Waals surface area contributed by atoms with E-state index in [2.05, 4.69) is 15.3 Å². The van der Waals surface area contributed by atoms with Crippen molar-refractivity contribution in [3.63, 3.8) is 0 Å². The molecule has 0 unspecified atom stereocenters. The largest absolute Gasteiger partial charge is 0.264 e. The Morgan fingerprint density at radius 3 is 2.86 bits per heavy atom. The molecule has 0 aliphatic carbocycles. The van der Waals surface area contributed by atoms with Crippen LogP contribution in [0.3, 0.4) is 0 Å². The fraction of sp³-hybridized carbons (Fsp3) is 0.0667. The second-order valence-corrected chi connectivity index (χ2v) is 4.43. The quantitative estimate of drug-likeness (QED) is 0.738. The fourth-order valence-corrected chi connectivity index (χ4v) is 2.10. The van der Waals surface area contributed by atoms with Crippen LogP contribution in [-0.2, 0) is 6.54 Å². The average molecular weight is 279 g/mol. The SMILES string of the molecule is N#Cc1nnn(Cc2cccc(F)c2)c1-c1cccnc1. The summed E-state index contributed by atoms with van der Waals surface area (Å²) in [5.41, 5.74) is 2.29. The van der Waals surface area contributed by atoms with Crippen LogP contribution in [-0.4, -0.2) is 20.0 Å². The third-order valence-electron chi connectivity index (χ3n) is 3.00. The van der Waals surface area contributed by atoms with Gasteiger partial charge < -0.3 is 0 Å². The lowest BCUT2D eigenvalue weighted by Gasteiger charge is -2.06. The molecule has 2 aromatic heterocycles. The van der Waals surface area contributed by atoms with Crippen LogP contribution in [0.1, 0.15) is 11.3 Å². The van der Waals surface area contributed by atoms with E-state index in [1.807, 2.05) is 12.1 Å². The van der Waals surface area contributed by atoms with E-state index in [0.717, 1.165) is 11.1 Å². The van der Waals surface area contributed by atoms with Gasteiger partial charge in [-0.25, -0.2) is 9.07 Å². The normalized spacial score (nSPS) is 10.3. The molecular formula is C15H10FN5. The van der Waals surface area contributed by atoms with Gasteiger partial charge in [0.05, 0.1) is 6.54 Å². The molecule has 0 radical (unpaired) electrons. The molecule has 3 rings (SSSR count). The van der Waals surface area contributed by atoms with Crippen molar-refractivity contribution < 1.29 is 4.39 Å². The van der Waals surface area contributed by atoms with Gasteiger partial charge in [0.2, 0.25) is 0 Å². The topological polar surface area (TPSA) is 67.4 Å². The van der Waals surface area contributed by atoms with Crippen LogP contribution in [0.4, 0.5) is 4.39 Å². The van der Waals surface area contributed by atoms with Crippen molar-refractivity contribution in [3.05, 3.63) is 65.9 Å². The first kappa shape index (κ1) is 12.9. The van der Waals surface area contributed by atoms with Crippen LogP contribution >= 0.6 is 0 Å². The molecule has 0 aliphatic rings. The number of nitriles is 1. The zero-order valence-electron chi connectivity index (χ0n) is 10.9. The monoisotopic (exact) mass is 279 g/mol. The van der Waals surface area contributed by atoms with Crippen LogP contribution in [0.25, 0.3) is 11.3 Å². The van der Waals surface area contributed by atoms with Crippen molar-refractivity contribution in [3.8, 4) is 17.3 Å². The Morgan fingerprint density at radius 2 is 2.14 bits per heavy atom. The molecule has 0 atom stereocenters. The molecule has 0 amide bonds. The highest BCUT2D eigenvalue weighted by molar-refractivity contribution is 5.63. The molecule has 2 heterocycles. The number of nitrogens with zero attached hydrogens (tertiary/aromatic N) is 5. The molecule has 102 valence electrons. The van der Waals surface area contributed by atoms with Crippen molar-refractivity contribution in [1.29, 1.82) is 5.26 Å². The average Bonchev–Trinajstić information content (AvgIpc) is 2.91. The summed E-state index contributed by atoms with van der Waals surface area (Å²) in [5.74, 6) is -0.309. The zero-order chi connectivity index (χ0) is 14.7. The summed E-state index contributed by atoms with van der Waals surface area (Å²) in [6.07, 6.45) is 3.29. The smallest absolute Gasteiger partial charge is 0.190 e. The molecule has 0 fully saturated rings. The Balaban J connectivity index is 2.04. The summed E-state index contributed by atoms with van der Waals surface area (Å²) in [6.45, 7) is 0.330. The molecule has 0 bridgehead atoms. The number of pyridine rings is 1. The first-order chi connectivity index (χ1) is 10.3. The lowest BCUT2D eigenvalue weighted by molar-refractivity contribution is 0.615. The number of hydrogen-bond acceptors (Lipinski definition) is 4. The standard InChI is InChI=1S/C15H10FN5/c16-13-5-1-3-11(7-13)10-21-15(14(8-17)19-20-21)12-4-2-6-18-9-12/h1-7,9H,10H2. The van der Waals surface area contributed by atoms with Crippen molar-refractivity contribution in [2.75, 3.05) is 0 Å². The van der Waals surface area contributed by atoms with Gasteiger partial charge in [-0.3, -0.25) is 4.98 Å². The van der Waals surface area contributed by atoms with Crippen molar-refractivity contribution in [2.45, 2.75) is 6.54 Å². The lowest BCUT2D eigenvalue weighted by Crippen LogP contribution is -2.04. The van der Waals surface area contributed by atoms with Gasteiger partial charge in [-0.1, -0.05) is 17.3 Å². The molecule has 5 nitrogen and oxygen atoms in total. The van der Waals surface area contributed by atoms with E-state index >= 15 is 0 Å². The Kier molecular flexibility index (Phi) is 3.39. The van der Waals surface area contributed by atoms with Crippen LogP contribution < -0.4 is 0 Å². The van der Waals surface area contributed by atoms with Crippen molar-refractivity contribution in [2.24, 2.45) is 0 Å². The summed E-state index contributed by atoms with van der Waals surface area (Å²) in [5, 5.41) is 17.0. The Morgan fingerprint density at radius 1 is 1.24 bits per heavy atom. The maximum Gasteiger partial charge on any atom is 0.190 e. The Hall–Kier alpha value is -3.07. The second-order valence-electron chi connectivity index (χ2n) is 4.43. The van der Waals surface area contributed by atoms with E-state index in [9.17, 15) is 4.39 Å². The van der Waals surface area contributed by atoms with Gasteiger partial charge in [0.1, 0.15) is 17.6 Å². The van der Waals surface area contributed by atoms with Crippen LogP contribution in [0.2, 0.25) is 0 Å². The van der Waals surface area contributed by atoms with Gasteiger partial charge >= 0.3 is 0 Å². The third kappa shape index (κ3) is 2.62. The highest BCUT2D eigenvalue weighted by Crippen LogP contribution is 2.21. The summed E-state index contributed by atoms with van der Waals surface area (Å²) in [4.78, 5) is 4.04. The molecule has 0 saturated carbocycles. The van der Waals surface area contributed by atoms with Gasteiger partial charge in [-0.05, 0) is 29.8 Å². The predicted molar refractivity (Wildman–Crippen MR) is 73.5 cm³/mol. The van der Waals surface area contributed by atoms with Crippen molar-refractivity contribution >= 4 is 0 Å². The minimum atomic E-state index is -0.309. The third-order valence-corrected chi connectivity index (χ3v) is 3.00. The summed E-state index contributed by atoms with van der Waals surface area (Å²) in [7, 11) is 0. The molecule has 21 heavy (non-hydrogen) atoms. The van der Waals surface area contributed by atoms with Gasteiger partial charge in [0.25, 0.3) is 0 Å². The van der Waals surface area contributed by atoms with Crippen LogP contribution in [0, 0.1) is 17.1 Å². The molecule has 0 spiro atoms. The van der Waals surface area contributed by atoms with E-state index < -0.39 is 0 Å². The van der Waals surface area contributed by atoms with Gasteiger partial charge in [0.15, 0.2) is 5.69 Å². The van der Waals surface area contributed by atoms with E-state index in [1.165, 1.54) is 12.1 Å². The number of rotatable bonds is 3. The van der Waals surface area contributed by atoms with E-state index in [-0.39, 0.29) is 11.5 Å². The Labute approximate surface area is 120 Å². The summed E-state index contributed by atoms with van der Waals surface area (Å²) < 4.78 is 14.8. The predicted octanol–water partition coefficient (Wildman–Crippen LogP) is 2.40. The molecule has 0 saturated heterocycles. The highest BCUT2D eigenvalue weighted by atomic mass is 19.1. The van der Waals surface area contributed by atoms with Crippen molar-refractivity contribution in [1.82, 2.24) is 20.0 Å². The second kappa shape index (κ2) is 5.51. The number of benzene rings is 1. The minimum absolute atomic E-state index is 0.222. The number of halogens is 1. The molecule has 0 N–H and O–H groups in total. The van der Waals surface area contributed by atoms with Gasteiger partial charge in [-0.2, -0.15) is 5.26 Å². The maximum atomic E-state index is 13.3. The molecule has 6 heteroatoms. The van der Waals surface area contributed by atoms with E-state index in [4.69, 9.17) is 5.26 Å². The lowest BCUT2D eigenvalue weighted by atomic mass is 10.1. The van der Waals surface area contributed by atoms with Gasteiger partial charge in [-0.15, -0.1) is 5.10 Å². The fourth-order valence-electron chi connectivity index (χ4n) is 2.10. The first-order valence-corrected chi connectivity index (χ1v) is 6.26. The van der Waals surface area contributed by atoms with E-state index in [1.54, 1.807) is 35.3 Å². The van der Waals surface area contributed by atoms with Crippen LogP contribution in [0.15, 0.2) is 48.8 Å². The zero-order valence-corrected chi connectivity index (χ0v) is 10.9. The minimum Gasteiger partial charge on any atom is -0.264 e. The first-order valence-electron chi connectivity index (χ1n) is 6.26. The molecule has 1 aromatic carbocycles. The molecule has 3 aromatic rings. The van der Waals surface area contributed by atoms with Gasteiger partial charge in [0, 0.05) is 18.0 Å². The summed E-state index contributed by atoms with van der Waals surface area (Å²) >= 11 is 0.